The fourth-order valence-corrected chi connectivity index (χ4v) is 1.24. The lowest BCUT2D eigenvalue weighted by molar-refractivity contribution is -0.157. The maximum Gasteiger partial charge on any atom is 0.325 e. The highest BCUT2D eigenvalue weighted by Crippen LogP contribution is 2.24. The van der Waals surface area contributed by atoms with Crippen LogP contribution in [-0.2, 0) is 24.6 Å². The Morgan fingerprint density at radius 3 is 1.36 bits per heavy atom. The van der Waals surface area contributed by atoms with Crippen molar-refractivity contribution in [1.82, 2.24) is 0 Å². The van der Waals surface area contributed by atoms with Crippen LogP contribution in [0.5, 0.6) is 0 Å². The van der Waals surface area contributed by atoms with Gasteiger partial charge in [-0.05, 0) is 12.5 Å². The SMILES string of the molecule is CC(C(=O)O)(C(=O)O)c1ccccc1.CCCC.O=C(O)CC(=O)O. The molecule has 8 nitrogen and oxygen atoms in total. The van der Waals surface area contributed by atoms with Gasteiger partial charge in [-0.15, -0.1) is 0 Å². The van der Waals surface area contributed by atoms with Crippen molar-refractivity contribution in [3.63, 3.8) is 0 Å². The van der Waals surface area contributed by atoms with Gasteiger partial charge < -0.3 is 20.4 Å². The van der Waals surface area contributed by atoms with Crippen molar-refractivity contribution < 1.29 is 39.6 Å². The Morgan fingerprint density at radius 1 is 0.800 bits per heavy atom. The normalized spacial score (nSPS) is 9.56. The van der Waals surface area contributed by atoms with E-state index >= 15 is 0 Å². The molecular weight excluding hydrogens is 332 g/mol. The maximum absolute atomic E-state index is 10.9. The van der Waals surface area contributed by atoms with Crippen LogP contribution < -0.4 is 0 Å². The summed E-state index contributed by atoms with van der Waals surface area (Å²) in [5.74, 6) is -5.35. The van der Waals surface area contributed by atoms with Crippen LogP contribution in [0.3, 0.4) is 0 Å². The molecule has 0 saturated carbocycles. The highest BCUT2D eigenvalue weighted by Gasteiger charge is 2.43. The Labute approximate surface area is 145 Å². The second-order valence-electron chi connectivity index (χ2n) is 5.07. The van der Waals surface area contributed by atoms with Crippen LogP contribution >= 0.6 is 0 Å². The van der Waals surface area contributed by atoms with Crippen LogP contribution in [0.1, 0.15) is 45.6 Å². The van der Waals surface area contributed by atoms with Gasteiger partial charge in [0.25, 0.3) is 0 Å². The fourth-order valence-electron chi connectivity index (χ4n) is 1.24. The molecule has 0 saturated heterocycles. The van der Waals surface area contributed by atoms with Crippen molar-refractivity contribution in [3.05, 3.63) is 35.9 Å². The molecule has 8 heteroatoms. The number of aliphatic carboxylic acids is 4. The fraction of sp³-hybridized carbons (Fsp3) is 0.412. The van der Waals surface area contributed by atoms with E-state index < -0.39 is 35.7 Å². The second kappa shape index (κ2) is 12.5. The molecule has 0 spiro atoms. The summed E-state index contributed by atoms with van der Waals surface area (Å²) in [5, 5.41) is 33.2. The topological polar surface area (TPSA) is 149 Å². The summed E-state index contributed by atoms with van der Waals surface area (Å²) >= 11 is 0. The van der Waals surface area contributed by atoms with Crippen LogP contribution in [-0.4, -0.2) is 44.3 Å². The van der Waals surface area contributed by atoms with Gasteiger partial charge in [-0.3, -0.25) is 19.2 Å². The van der Waals surface area contributed by atoms with Crippen LogP contribution in [0, 0.1) is 0 Å². The largest absolute Gasteiger partial charge is 0.481 e. The van der Waals surface area contributed by atoms with Gasteiger partial charge >= 0.3 is 23.9 Å². The number of hydrogen-bond donors (Lipinski definition) is 4. The van der Waals surface area contributed by atoms with Crippen molar-refractivity contribution in [2.45, 2.75) is 45.4 Å². The lowest BCUT2D eigenvalue weighted by atomic mass is 9.83. The zero-order chi connectivity index (χ0) is 20.0. The molecule has 0 radical (unpaired) electrons. The number of carboxylic acids is 4. The highest BCUT2D eigenvalue weighted by molar-refractivity contribution is 6.04. The second-order valence-corrected chi connectivity index (χ2v) is 5.07. The summed E-state index contributed by atoms with van der Waals surface area (Å²) in [4.78, 5) is 40.6. The monoisotopic (exact) mass is 356 g/mol. The smallest absolute Gasteiger partial charge is 0.325 e. The average molecular weight is 356 g/mol. The molecule has 0 heterocycles. The zero-order valence-electron chi connectivity index (χ0n) is 14.4. The molecule has 0 fully saturated rings. The number of unbranched alkanes of at least 4 members (excludes halogenated alkanes) is 1. The van der Waals surface area contributed by atoms with E-state index in [0.717, 1.165) is 0 Å². The summed E-state index contributed by atoms with van der Waals surface area (Å²) in [6.07, 6.45) is 1.83. The number of hydrogen-bond acceptors (Lipinski definition) is 4. The quantitative estimate of drug-likeness (QED) is 0.568. The number of carboxylic acid groups (broad SMARTS) is 4. The molecule has 0 aliphatic heterocycles. The Morgan fingerprint density at radius 2 is 1.16 bits per heavy atom. The number of benzene rings is 1. The van der Waals surface area contributed by atoms with Crippen molar-refractivity contribution in [2.75, 3.05) is 0 Å². The molecule has 4 N–H and O–H groups in total. The van der Waals surface area contributed by atoms with Gasteiger partial charge in [0.2, 0.25) is 0 Å². The van der Waals surface area contributed by atoms with Crippen LogP contribution in [0.15, 0.2) is 30.3 Å². The van der Waals surface area contributed by atoms with Crippen LogP contribution in [0.2, 0.25) is 0 Å². The van der Waals surface area contributed by atoms with E-state index in [1.165, 1.54) is 31.9 Å². The Hall–Kier alpha value is -2.90. The molecule has 1 aromatic rings. The predicted molar refractivity (Wildman–Crippen MR) is 89.5 cm³/mol. The third-order valence-corrected chi connectivity index (χ3v) is 3.01. The maximum atomic E-state index is 10.9. The van der Waals surface area contributed by atoms with Gasteiger partial charge in [0.15, 0.2) is 5.41 Å². The molecule has 0 aliphatic rings. The molecule has 0 aromatic heterocycles. The van der Waals surface area contributed by atoms with E-state index in [0.29, 0.717) is 0 Å². The van der Waals surface area contributed by atoms with E-state index in [2.05, 4.69) is 13.8 Å². The molecule has 0 bridgehead atoms. The molecule has 1 rings (SSSR count). The van der Waals surface area contributed by atoms with Gasteiger partial charge in [0.05, 0.1) is 0 Å². The third-order valence-electron chi connectivity index (χ3n) is 3.01. The summed E-state index contributed by atoms with van der Waals surface area (Å²) in [6.45, 7) is 5.53. The van der Waals surface area contributed by atoms with Crippen molar-refractivity contribution in [3.8, 4) is 0 Å². The molecule has 140 valence electrons. The predicted octanol–water partition coefficient (Wildman–Crippen LogP) is 2.47. The van der Waals surface area contributed by atoms with E-state index in [9.17, 15) is 19.2 Å². The summed E-state index contributed by atoms with van der Waals surface area (Å²) in [6, 6.07) is 7.90. The summed E-state index contributed by atoms with van der Waals surface area (Å²) < 4.78 is 0. The van der Waals surface area contributed by atoms with E-state index in [-0.39, 0.29) is 5.56 Å². The van der Waals surface area contributed by atoms with E-state index in [4.69, 9.17) is 20.4 Å². The minimum absolute atomic E-state index is 0.264. The summed E-state index contributed by atoms with van der Waals surface area (Å²) in [7, 11) is 0. The minimum atomic E-state index is -1.87. The standard InChI is InChI=1S/C10H10O4.C4H10.C3H4O4/c1-10(8(11)12,9(13)14)7-5-3-2-4-6-7;1-3-4-2;4-2(5)1-3(6)7/h2-6H,1H3,(H,11,12)(H,13,14);3-4H2,1-2H3;1H2,(H,4,5)(H,6,7). The van der Waals surface area contributed by atoms with Gasteiger partial charge in [-0.25, -0.2) is 0 Å². The molecule has 0 atom stereocenters. The lowest BCUT2D eigenvalue weighted by Crippen LogP contribution is -2.40. The molecule has 0 unspecified atom stereocenters. The van der Waals surface area contributed by atoms with Crippen molar-refractivity contribution in [1.29, 1.82) is 0 Å². The molecule has 25 heavy (non-hydrogen) atoms. The Bertz CT molecular complexity index is 537. The first-order chi connectivity index (χ1) is 11.5. The third kappa shape index (κ3) is 9.75. The minimum Gasteiger partial charge on any atom is -0.481 e. The number of rotatable bonds is 6. The first-order valence-electron chi connectivity index (χ1n) is 7.49. The zero-order valence-corrected chi connectivity index (χ0v) is 14.4. The van der Waals surface area contributed by atoms with E-state index in [1.54, 1.807) is 18.2 Å². The highest BCUT2D eigenvalue weighted by atomic mass is 16.4. The Kier molecular flexibility index (Phi) is 12.2. The van der Waals surface area contributed by atoms with Gasteiger partial charge in [0.1, 0.15) is 6.42 Å². The molecule has 0 amide bonds. The first-order valence-corrected chi connectivity index (χ1v) is 7.49. The average Bonchev–Trinajstić information content (AvgIpc) is 2.54. The van der Waals surface area contributed by atoms with Gasteiger partial charge in [0, 0.05) is 0 Å². The van der Waals surface area contributed by atoms with Crippen LogP contribution in [0.4, 0.5) is 0 Å². The number of carbonyl (C=O) groups is 4. The van der Waals surface area contributed by atoms with E-state index in [1.807, 2.05) is 0 Å². The summed E-state index contributed by atoms with van der Waals surface area (Å²) in [5.41, 5.74) is -1.61. The van der Waals surface area contributed by atoms with Gasteiger partial charge in [-0.2, -0.15) is 0 Å². The molecular formula is C17H24O8. The lowest BCUT2D eigenvalue weighted by Gasteiger charge is -2.19. The van der Waals surface area contributed by atoms with Crippen molar-refractivity contribution in [2.24, 2.45) is 0 Å². The molecule has 1 aromatic carbocycles. The molecule has 0 aliphatic carbocycles. The first kappa shape index (κ1) is 24.4. The van der Waals surface area contributed by atoms with Gasteiger partial charge in [-0.1, -0.05) is 57.0 Å². The van der Waals surface area contributed by atoms with Crippen LogP contribution in [0.25, 0.3) is 0 Å². The van der Waals surface area contributed by atoms with Crippen molar-refractivity contribution >= 4 is 23.9 Å². The Balaban J connectivity index is 0.